The summed E-state index contributed by atoms with van der Waals surface area (Å²) >= 11 is 0.850. The molecule has 0 bridgehead atoms. The molecule has 7 rings (SSSR count). The standard InChI is InChI=1S/C75H105N23O15S/c1-7-39(6)62-73(113)94-55(34-99)64(104)87-33-58(101)88-49(22-14-24-82-74(78)79)65(105)93-54(29-57(76)100)67(107)92-53(28-42-32-86-48-21-13-10-18-45(42)48)70(110)96-60(37(2)3)71(111)90-50(23-15-25-83-75(80)81)66(106)91-52(27-41-31-85-47-20-12-9-17-44(41)47)69(109)97-61(38(4)5)72(112)95-56(63(77)103)35-114-36-59(102)89-51(68(108)98-62)26-40-30-84-46-19-11-8-16-43(40)46/h8-13,16-21,30-32,37-39,49-56,60-62,84-86,99H,7,14-15,22-29,33-36H2,1-6H3,(H2,76,100)(H2,77,103)(H,87,104)(H,88,101)(H,89,102)(H,90,111)(H,91,106)(H,92,107)(H,93,105)(H,94,113)(H,95,112)(H,96,110)(H,97,109)(H,98,108)(H4,78,79,82)(H4,80,81,83)/t39-,49-,50-,51-,52-,53-,54-,55-,56-,60-,61-,62-/m0/s1. The lowest BCUT2D eigenvalue weighted by atomic mass is 9.96. The second kappa shape index (κ2) is 42.9. The Morgan fingerprint density at radius 1 is 0.465 bits per heavy atom. The van der Waals surface area contributed by atoms with Gasteiger partial charge in [-0.2, -0.15) is 0 Å². The number of aromatic nitrogens is 3. The smallest absolute Gasteiger partial charge is 0.245 e. The van der Waals surface area contributed by atoms with E-state index in [0.29, 0.717) is 49.4 Å². The number of hydrogen-bond acceptors (Lipinski definition) is 18. The number of aromatic amines is 3. The molecule has 0 spiro atoms. The summed E-state index contributed by atoms with van der Waals surface area (Å²) in [6, 6.07) is 3.97. The van der Waals surface area contributed by atoms with E-state index in [0.717, 1.165) is 11.8 Å². The van der Waals surface area contributed by atoms with Gasteiger partial charge in [-0.1, -0.05) is 103 Å². The maximum absolute atomic E-state index is 15.1. The Bertz CT molecular complexity index is 4470. The van der Waals surface area contributed by atoms with Crippen LogP contribution in [0.2, 0.25) is 0 Å². The molecule has 0 aliphatic carbocycles. The number of nitrogens with one attached hydrogen (secondary N) is 19. The third-order valence-corrected chi connectivity index (χ3v) is 20.2. The highest BCUT2D eigenvalue weighted by Gasteiger charge is 2.39. The van der Waals surface area contributed by atoms with Gasteiger partial charge in [0.25, 0.3) is 0 Å². The lowest BCUT2D eigenvalue weighted by Gasteiger charge is -2.29. The first kappa shape index (κ1) is 88.9. The van der Waals surface area contributed by atoms with Crippen LogP contribution in [0.3, 0.4) is 0 Å². The second-order valence-electron chi connectivity index (χ2n) is 28.6. The van der Waals surface area contributed by atoms with Crippen LogP contribution in [0.15, 0.2) is 91.4 Å². The van der Waals surface area contributed by atoms with Crippen molar-refractivity contribution in [1.82, 2.24) is 89.4 Å². The Hall–Kier alpha value is -12.3. The number of aliphatic hydroxyl groups is 1. The molecule has 3 aromatic heterocycles. The number of amides is 14. The van der Waals surface area contributed by atoms with E-state index in [4.69, 9.17) is 33.8 Å². The van der Waals surface area contributed by atoms with E-state index >= 15 is 14.4 Å². The van der Waals surface area contributed by atoms with Crippen LogP contribution in [0.1, 0.15) is 96.8 Å². The van der Waals surface area contributed by atoms with Crippen LogP contribution in [-0.4, -0.2) is 219 Å². The minimum Gasteiger partial charge on any atom is -0.394 e. The SMILES string of the molecule is CC[C@H](C)[C@@H]1NC(=O)[C@H](Cc2c[nH]c3ccccc23)NC(=O)CSC[C@@H](C(N)=O)NC(=O)[C@H](C(C)C)NC(=O)[C@H](Cc2c[nH]c3ccccc23)NC(=O)[C@H](CCCNC(=N)N)NC(=O)[C@H](C(C)C)NC(=O)[C@H](Cc2c[nH]c3ccccc23)NC(=O)[C@H](CC(N)=O)NC(=O)[C@H](CCCNC(=N)N)NC(=O)CNC(=O)[C@H](CO)NC1=O. The Kier molecular flexibility index (Phi) is 33.5. The summed E-state index contributed by atoms with van der Waals surface area (Å²) in [5.74, 6) is -17.5. The van der Waals surface area contributed by atoms with E-state index < -0.39 is 204 Å². The molecule has 114 heavy (non-hydrogen) atoms. The second-order valence-corrected chi connectivity index (χ2v) is 29.6. The van der Waals surface area contributed by atoms with E-state index in [1.165, 1.54) is 0 Å². The van der Waals surface area contributed by atoms with Crippen molar-refractivity contribution in [2.75, 3.05) is 37.7 Å². The van der Waals surface area contributed by atoms with Crippen molar-refractivity contribution in [3.05, 3.63) is 108 Å². The fraction of sp³-hybridized carbons (Fsp3) is 0.467. The molecule has 12 atom stereocenters. The van der Waals surface area contributed by atoms with E-state index in [9.17, 15) is 57.8 Å². The number of fused-ring (bicyclic) bond motifs is 3. The molecule has 28 N–H and O–H groups in total. The zero-order valence-electron chi connectivity index (χ0n) is 64.2. The topological polar surface area (TPSA) is 627 Å². The van der Waals surface area contributed by atoms with Crippen LogP contribution in [0.5, 0.6) is 0 Å². The fourth-order valence-corrected chi connectivity index (χ4v) is 13.6. The molecule has 6 aromatic rings. The number of primary amides is 2. The van der Waals surface area contributed by atoms with Gasteiger partial charge < -0.3 is 117 Å². The van der Waals surface area contributed by atoms with Crippen LogP contribution in [0, 0.1) is 28.6 Å². The van der Waals surface area contributed by atoms with E-state index in [-0.39, 0.29) is 70.2 Å². The molecule has 14 amide bonds. The maximum Gasteiger partial charge on any atom is 0.245 e. The number of aliphatic hydroxyl groups excluding tert-OH is 1. The monoisotopic (exact) mass is 1600 g/mol. The molecule has 4 heterocycles. The molecule has 1 saturated heterocycles. The summed E-state index contributed by atoms with van der Waals surface area (Å²) in [6.45, 7) is 7.74. The first-order valence-corrected chi connectivity index (χ1v) is 38.6. The molecule has 1 aliphatic heterocycles. The normalized spacial score (nSPS) is 22.9. The number of nitrogens with two attached hydrogens (primary N) is 4. The number of carbonyl (C=O) groups is 14. The van der Waals surface area contributed by atoms with Crippen LogP contribution < -0.4 is 97.4 Å². The highest BCUT2D eigenvalue weighted by Crippen LogP contribution is 2.24. The first-order valence-electron chi connectivity index (χ1n) is 37.4. The van der Waals surface area contributed by atoms with E-state index in [2.05, 4.69) is 89.4 Å². The third kappa shape index (κ3) is 26.2. The Balaban J connectivity index is 1.27. The molecular formula is C75H105N23O15S. The van der Waals surface area contributed by atoms with Crippen LogP contribution >= 0.6 is 11.8 Å². The van der Waals surface area contributed by atoms with E-state index in [1.54, 1.807) is 133 Å². The molecule has 3 aromatic carbocycles. The highest BCUT2D eigenvalue weighted by atomic mass is 32.2. The Labute approximate surface area is 660 Å². The molecule has 38 nitrogen and oxygen atoms in total. The zero-order valence-corrected chi connectivity index (χ0v) is 65.0. The van der Waals surface area contributed by atoms with Crippen molar-refractivity contribution < 1.29 is 72.2 Å². The van der Waals surface area contributed by atoms with Crippen LogP contribution in [0.25, 0.3) is 32.7 Å². The predicted octanol–water partition coefficient (Wildman–Crippen LogP) is -3.41. The average Bonchev–Trinajstić information content (AvgIpc) is 1.67. The molecule has 39 heteroatoms. The zero-order chi connectivity index (χ0) is 83.5. The summed E-state index contributed by atoms with van der Waals surface area (Å²) in [6.07, 6.45) is 3.19. The number of thioether (sulfide) groups is 1. The van der Waals surface area contributed by atoms with Crippen molar-refractivity contribution in [3.63, 3.8) is 0 Å². The number of carbonyl (C=O) groups excluding carboxylic acids is 14. The minimum absolute atomic E-state index is 0.0147. The molecule has 0 unspecified atom stereocenters. The summed E-state index contributed by atoms with van der Waals surface area (Å²) in [4.78, 5) is 210. The summed E-state index contributed by atoms with van der Waals surface area (Å²) in [5, 5.41) is 64.3. The average molecular weight is 1600 g/mol. The van der Waals surface area contributed by atoms with Gasteiger partial charge in [0.15, 0.2) is 11.9 Å². The van der Waals surface area contributed by atoms with Gasteiger partial charge in [0.05, 0.1) is 25.3 Å². The summed E-state index contributed by atoms with van der Waals surface area (Å²) in [5.41, 5.74) is 26.3. The van der Waals surface area contributed by atoms with Gasteiger partial charge in [-0.05, 0) is 78.3 Å². The molecule has 616 valence electrons. The van der Waals surface area contributed by atoms with Crippen LogP contribution in [-0.2, 0) is 86.4 Å². The number of para-hydroxylation sites is 3. The van der Waals surface area contributed by atoms with Crippen LogP contribution in [0.4, 0.5) is 0 Å². The van der Waals surface area contributed by atoms with E-state index in [1.807, 2.05) is 0 Å². The van der Waals surface area contributed by atoms with Crippen molar-refractivity contribution in [2.24, 2.45) is 40.7 Å². The van der Waals surface area contributed by atoms with Gasteiger partial charge in [0.2, 0.25) is 82.7 Å². The van der Waals surface area contributed by atoms with Gasteiger partial charge in [0, 0.05) is 89.4 Å². The third-order valence-electron chi connectivity index (χ3n) is 19.2. The number of H-pyrrole nitrogens is 3. The lowest BCUT2D eigenvalue weighted by molar-refractivity contribution is -0.137. The lowest BCUT2D eigenvalue weighted by Crippen LogP contribution is -2.62. The Morgan fingerprint density at radius 3 is 1.25 bits per heavy atom. The van der Waals surface area contributed by atoms with Crippen molar-refractivity contribution in [3.8, 4) is 0 Å². The highest BCUT2D eigenvalue weighted by molar-refractivity contribution is 8.00. The van der Waals surface area contributed by atoms with Gasteiger partial charge in [-0.25, -0.2) is 0 Å². The number of benzene rings is 3. The number of rotatable bonds is 22. The Morgan fingerprint density at radius 2 is 0.833 bits per heavy atom. The van der Waals surface area contributed by atoms with Gasteiger partial charge >= 0.3 is 0 Å². The van der Waals surface area contributed by atoms with Gasteiger partial charge in [0.1, 0.15) is 66.5 Å². The fourth-order valence-electron chi connectivity index (χ4n) is 12.8. The number of hydrogen-bond donors (Lipinski definition) is 24. The first-order chi connectivity index (χ1) is 54.2. The molecular weight excluding hydrogens is 1500 g/mol. The predicted molar refractivity (Wildman–Crippen MR) is 425 cm³/mol. The molecule has 0 radical (unpaired) electrons. The van der Waals surface area contributed by atoms with Gasteiger partial charge in [-0.3, -0.25) is 77.9 Å². The summed E-state index contributed by atoms with van der Waals surface area (Å²) in [7, 11) is 0. The quantitative estimate of drug-likeness (QED) is 0.0179. The maximum atomic E-state index is 15.1. The minimum atomic E-state index is -1.88. The van der Waals surface area contributed by atoms with Crippen molar-refractivity contribution in [1.29, 1.82) is 10.8 Å². The summed E-state index contributed by atoms with van der Waals surface area (Å²) < 4.78 is 0. The molecule has 1 fully saturated rings. The molecule has 0 saturated carbocycles. The van der Waals surface area contributed by atoms with Crippen molar-refractivity contribution >= 4 is 139 Å². The number of guanidine groups is 2. The largest absolute Gasteiger partial charge is 0.394 e. The molecule has 1 aliphatic rings. The van der Waals surface area contributed by atoms with Gasteiger partial charge in [-0.15, -0.1) is 11.8 Å². The van der Waals surface area contributed by atoms with Crippen molar-refractivity contribution in [2.45, 2.75) is 166 Å².